The van der Waals surface area contributed by atoms with Gasteiger partial charge in [0.1, 0.15) is 17.2 Å². The Balaban J connectivity index is 1.27. The van der Waals surface area contributed by atoms with Crippen LogP contribution in [0.1, 0.15) is 5.56 Å². The fourth-order valence-corrected chi connectivity index (χ4v) is 12.6. The molecule has 0 aliphatic rings. The standard InChI is InChI=1S/C60H30N6OS/c1-62-55-48(33-14-4-2-5-15-33)42(32-61)57(49(34-16-6-3-7-17-34)59(55)65-43-22-12-20-40-50(43)51-41(21-13-23-44(51)65)54-53(40)63-30-31-64-54)66-56-36(28-29-46-52(56)39-19-8-10-24-45(39)67-46)37-26-27-38-35-18-9-11-25-47(35)68-60(38)58(37)66/h2-31H. The smallest absolute Gasteiger partial charge is 0.220 e. The Labute approximate surface area is 390 Å². The Morgan fingerprint density at radius 1 is 0.500 bits per heavy atom. The van der Waals surface area contributed by atoms with Crippen LogP contribution in [0, 0.1) is 17.9 Å². The molecule has 15 rings (SSSR count). The summed E-state index contributed by atoms with van der Waals surface area (Å²) in [7, 11) is 0. The van der Waals surface area contributed by atoms with Crippen LogP contribution in [0.15, 0.2) is 187 Å². The number of fused-ring (bicyclic) bond motifs is 14. The van der Waals surface area contributed by atoms with Gasteiger partial charge in [-0.3, -0.25) is 9.97 Å². The van der Waals surface area contributed by atoms with Crippen molar-refractivity contribution in [2.24, 2.45) is 0 Å². The van der Waals surface area contributed by atoms with E-state index >= 15 is 0 Å². The van der Waals surface area contributed by atoms with Crippen molar-refractivity contribution >= 4 is 125 Å². The predicted molar refractivity (Wildman–Crippen MR) is 279 cm³/mol. The zero-order chi connectivity index (χ0) is 44.8. The molecule has 0 saturated heterocycles. The van der Waals surface area contributed by atoms with Crippen LogP contribution >= 0.6 is 11.3 Å². The number of benzene rings is 10. The second kappa shape index (κ2) is 13.6. The topological polar surface area (TPSA) is 76.9 Å². The van der Waals surface area contributed by atoms with Crippen molar-refractivity contribution in [3.63, 3.8) is 0 Å². The molecule has 68 heavy (non-hydrogen) atoms. The van der Waals surface area contributed by atoms with E-state index in [2.05, 4.69) is 129 Å². The van der Waals surface area contributed by atoms with Gasteiger partial charge in [0.2, 0.25) is 5.69 Å². The van der Waals surface area contributed by atoms with Gasteiger partial charge in [-0.25, -0.2) is 4.85 Å². The maximum Gasteiger partial charge on any atom is 0.220 e. The maximum atomic E-state index is 12.1. The molecule has 8 heteroatoms. The van der Waals surface area contributed by atoms with Crippen LogP contribution in [0.25, 0.3) is 146 Å². The summed E-state index contributed by atoms with van der Waals surface area (Å²) in [4.78, 5) is 14.4. The highest BCUT2D eigenvalue weighted by Crippen LogP contribution is 2.55. The summed E-state index contributed by atoms with van der Waals surface area (Å²) in [5.74, 6) is 0. The second-order valence-corrected chi connectivity index (χ2v) is 18.4. The zero-order valence-corrected chi connectivity index (χ0v) is 36.6. The molecule has 0 radical (unpaired) electrons. The molecule has 0 saturated carbocycles. The monoisotopic (exact) mass is 882 g/mol. The number of aromatic nitrogens is 4. The van der Waals surface area contributed by atoms with Crippen LogP contribution < -0.4 is 0 Å². The van der Waals surface area contributed by atoms with Crippen LogP contribution in [-0.4, -0.2) is 19.1 Å². The van der Waals surface area contributed by atoms with Gasteiger partial charge in [0.15, 0.2) is 0 Å². The van der Waals surface area contributed by atoms with Gasteiger partial charge >= 0.3 is 0 Å². The molecule has 0 aliphatic heterocycles. The highest BCUT2D eigenvalue weighted by Gasteiger charge is 2.34. The molecule has 7 nitrogen and oxygen atoms in total. The lowest BCUT2D eigenvalue weighted by atomic mass is 9.88. The van der Waals surface area contributed by atoms with Gasteiger partial charge < -0.3 is 13.6 Å². The second-order valence-electron chi connectivity index (χ2n) is 17.3. The summed E-state index contributed by atoms with van der Waals surface area (Å²) < 4.78 is 13.6. The summed E-state index contributed by atoms with van der Waals surface area (Å²) >= 11 is 1.77. The first-order valence-electron chi connectivity index (χ1n) is 22.4. The first-order valence-corrected chi connectivity index (χ1v) is 23.2. The molecular weight excluding hydrogens is 853 g/mol. The molecule has 312 valence electrons. The molecule has 0 N–H and O–H groups in total. The first-order chi connectivity index (χ1) is 33.7. The third-order valence-electron chi connectivity index (χ3n) is 14.0. The number of thiophene rings is 1. The molecule has 0 aliphatic carbocycles. The lowest BCUT2D eigenvalue weighted by Gasteiger charge is -2.26. The van der Waals surface area contributed by atoms with Crippen LogP contribution in [0.5, 0.6) is 0 Å². The zero-order valence-electron chi connectivity index (χ0n) is 35.8. The van der Waals surface area contributed by atoms with E-state index in [4.69, 9.17) is 14.4 Å². The Hall–Kier alpha value is -9.34. The van der Waals surface area contributed by atoms with Gasteiger partial charge in [-0.15, -0.1) is 11.3 Å². The summed E-state index contributed by atoms with van der Waals surface area (Å²) in [6, 6.07) is 61.3. The average Bonchev–Trinajstić information content (AvgIpc) is 4.16. The molecule has 0 bridgehead atoms. The van der Waals surface area contributed by atoms with Gasteiger partial charge in [0.25, 0.3) is 0 Å². The molecule has 0 amide bonds. The Morgan fingerprint density at radius 3 is 1.78 bits per heavy atom. The molecule has 5 aromatic heterocycles. The summed E-state index contributed by atoms with van der Waals surface area (Å²) in [5.41, 5.74) is 12.1. The number of nitrogens with zero attached hydrogens (tertiary/aromatic N) is 6. The lowest BCUT2D eigenvalue weighted by Crippen LogP contribution is -2.09. The third-order valence-corrected chi connectivity index (χ3v) is 15.2. The van der Waals surface area contributed by atoms with Crippen molar-refractivity contribution in [3.8, 4) is 39.7 Å². The molecule has 0 fully saturated rings. The molecule has 0 unspecified atom stereocenters. The summed E-state index contributed by atoms with van der Waals surface area (Å²) in [6.07, 6.45) is 3.51. The van der Waals surface area contributed by atoms with E-state index < -0.39 is 0 Å². The average molecular weight is 883 g/mol. The van der Waals surface area contributed by atoms with Crippen LogP contribution in [0.3, 0.4) is 0 Å². The lowest BCUT2D eigenvalue weighted by molar-refractivity contribution is 0.669. The fourth-order valence-electron chi connectivity index (χ4n) is 11.4. The largest absolute Gasteiger partial charge is 0.456 e. The van der Waals surface area contributed by atoms with E-state index in [0.29, 0.717) is 28.2 Å². The Morgan fingerprint density at radius 2 is 1.09 bits per heavy atom. The van der Waals surface area contributed by atoms with Gasteiger partial charge in [-0.05, 0) is 47.5 Å². The van der Waals surface area contributed by atoms with Crippen molar-refractivity contribution in [1.82, 2.24) is 19.1 Å². The van der Waals surface area contributed by atoms with Crippen molar-refractivity contribution in [3.05, 3.63) is 199 Å². The number of nitriles is 1. The van der Waals surface area contributed by atoms with E-state index in [-0.39, 0.29) is 0 Å². The number of furan rings is 1. The maximum absolute atomic E-state index is 12.1. The van der Waals surface area contributed by atoms with Gasteiger partial charge in [0, 0.05) is 76.7 Å². The van der Waals surface area contributed by atoms with Crippen LogP contribution in [0.2, 0.25) is 0 Å². The minimum absolute atomic E-state index is 0.379. The molecular formula is C60H30N6OS. The van der Waals surface area contributed by atoms with Gasteiger partial charge in [-0.2, -0.15) is 5.26 Å². The highest BCUT2D eigenvalue weighted by atomic mass is 32.1. The van der Waals surface area contributed by atoms with E-state index in [1.165, 1.54) is 10.1 Å². The summed E-state index contributed by atoms with van der Waals surface area (Å²) in [6.45, 7) is 9.35. The van der Waals surface area contributed by atoms with Gasteiger partial charge in [0.05, 0.1) is 66.7 Å². The van der Waals surface area contributed by atoms with Crippen molar-refractivity contribution < 1.29 is 4.42 Å². The SMILES string of the molecule is [C-]#[N+]c1c(-c2ccccc2)c(C#N)c(-n2c3c(ccc4c5ccccc5sc43)c3ccc4oc5ccccc5c4c32)c(-c2ccccc2)c1-n1c2cccc3c4nccnc4c4cccc1c4c32. The Kier molecular flexibility index (Phi) is 7.39. The normalized spacial score (nSPS) is 12.1. The molecule has 0 atom stereocenters. The molecule has 0 spiro atoms. The molecule has 5 heterocycles. The molecule has 15 aromatic rings. The van der Waals surface area contributed by atoms with Crippen LogP contribution in [-0.2, 0) is 0 Å². The van der Waals surface area contributed by atoms with E-state index in [1.54, 1.807) is 23.7 Å². The number of para-hydroxylation sites is 1. The fraction of sp³-hybridized carbons (Fsp3) is 0. The van der Waals surface area contributed by atoms with Crippen molar-refractivity contribution in [2.45, 2.75) is 0 Å². The van der Waals surface area contributed by atoms with E-state index in [1.807, 2.05) is 60.7 Å². The van der Waals surface area contributed by atoms with Crippen molar-refractivity contribution in [1.29, 1.82) is 5.26 Å². The van der Waals surface area contributed by atoms with Crippen molar-refractivity contribution in [2.75, 3.05) is 0 Å². The highest BCUT2D eigenvalue weighted by molar-refractivity contribution is 7.26. The number of rotatable bonds is 4. The third kappa shape index (κ3) is 4.68. The quantitative estimate of drug-likeness (QED) is 0.130. The number of hydrogen-bond donors (Lipinski definition) is 0. The molecule has 10 aromatic carbocycles. The van der Waals surface area contributed by atoms with Crippen LogP contribution in [0.4, 0.5) is 5.69 Å². The minimum Gasteiger partial charge on any atom is -0.456 e. The Bertz CT molecular complexity index is 4670. The van der Waals surface area contributed by atoms with Gasteiger partial charge in [-0.1, -0.05) is 133 Å². The number of hydrogen-bond acceptors (Lipinski definition) is 5. The van der Waals surface area contributed by atoms with E-state index in [9.17, 15) is 11.8 Å². The predicted octanol–water partition coefficient (Wildman–Crippen LogP) is 16.4. The minimum atomic E-state index is 0.379. The summed E-state index contributed by atoms with van der Waals surface area (Å²) in [5, 5.41) is 22.5. The first kappa shape index (κ1) is 36.9. The van der Waals surface area contributed by atoms with E-state index in [0.717, 1.165) is 114 Å².